The second-order valence-corrected chi connectivity index (χ2v) is 5.89. The molecule has 0 aliphatic rings. The highest BCUT2D eigenvalue weighted by atomic mass is 16.4. The van der Waals surface area contributed by atoms with Crippen LogP contribution in [0, 0.1) is 0 Å². The van der Waals surface area contributed by atoms with Gasteiger partial charge in [0.25, 0.3) is 0 Å². The summed E-state index contributed by atoms with van der Waals surface area (Å²) in [7, 11) is 0. The SMILES string of the molecule is CC(O)(CNCc1cnn(Cc2ccccc2)c1)c1ccco1. The molecule has 23 heavy (non-hydrogen) atoms. The van der Waals surface area contributed by atoms with Gasteiger partial charge in [-0.25, -0.2) is 0 Å². The van der Waals surface area contributed by atoms with Crippen LogP contribution in [0.25, 0.3) is 0 Å². The third-order valence-corrected chi connectivity index (χ3v) is 3.72. The lowest BCUT2D eigenvalue weighted by Gasteiger charge is -2.20. The zero-order valence-electron chi connectivity index (χ0n) is 13.1. The first kappa shape index (κ1) is 15.5. The van der Waals surface area contributed by atoms with Gasteiger partial charge in [-0.3, -0.25) is 4.68 Å². The fourth-order valence-electron chi connectivity index (χ4n) is 2.48. The van der Waals surface area contributed by atoms with Crippen LogP contribution in [-0.4, -0.2) is 21.4 Å². The van der Waals surface area contributed by atoms with E-state index in [1.54, 1.807) is 25.3 Å². The Morgan fingerprint density at radius 3 is 2.74 bits per heavy atom. The number of aliphatic hydroxyl groups is 1. The van der Waals surface area contributed by atoms with E-state index in [2.05, 4.69) is 22.5 Å². The van der Waals surface area contributed by atoms with Crippen molar-refractivity contribution in [3.05, 3.63) is 78.0 Å². The Balaban J connectivity index is 1.52. The van der Waals surface area contributed by atoms with Gasteiger partial charge in [0.2, 0.25) is 0 Å². The van der Waals surface area contributed by atoms with Crippen LogP contribution >= 0.6 is 0 Å². The number of hydrogen-bond donors (Lipinski definition) is 2. The average Bonchev–Trinajstić information content (AvgIpc) is 3.20. The van der Waals surface area contributed by atoms with E-state index >= 15 is 0 Å². The van der Waals surface area contributed by atoms with E-state index in [1.165, 1.54) is 5.56 Å². The molecular formula is C18H21N3O2. The quantitative estimate of drug-likeness (QED) is 0.704. The molecule has 3 aromatic rings. The molecule has 5 nitrogen and oxygen atoms in total. The summed E-state index contributed by atoms with van der Waals surface area (Å²) in [6, 6.07) is 13.8. The summed E-state index contributed by atoms with van der Waals surface area (Å²) in [5, 5.41) is 18.0. The Kier molecular flexibility index (Phi) is 4.60. The molecule has 1 atom stereocenters. The molecule has 3 rings (SSSR count). The predicted octanol–water partition coefficient (Wildman–Crippen LogP) is 2.52. The number of benzene rings is 1. The third kappa shape index (κ3) is 4.09. The summed E-state index contributed by atoms with van der Waals surface area (Å²) in [6.45, 7) is 3.54. The van der Waals surface area contributed by atoms with E-state index in [4.69, 9.17) is 4.42 Å². The van der Waals surface area contributed by atoms with Crippen LogP contribution in [0.1, 0.15) is 23.8 Å². The molecule has 0 aliphatic carbocycles. The number of hydrogen-bond acceptors (Lipinski definition) is 4. The van der Waals surface area contributed by atoms with Crippen molar-refractivity contribution in [3.63, 3.8) is 0 Å². The van der Waals surface area contributed by atoms with Crippen molar-refractivity contribution in [2.24, 2.45) is 0 Å². The van der Waals surface area contributed by atoms with E-state index < -0.39 is 5.60 Å². The molecule has 2 heterocycles. The molecule has 120 valence electrons. The molecule has 1 unspecified atom stereocenters. The van der Waals surface area contributed by atoms with Gasteiger partial charge < -0.3 is 14.8 Å². The smallest absolute Gasteiger partial charge is 0.136 e. The molecule has 0 spiro atoms. The van der Waals surface area contributed by atoms with Crippen LogP contribution in [0.3, 0.4) is 0 Å². The summed E-state index contributed by atoms with van der Waals surface area (Å²) in [5.74, 6) is 0.560. The fraction of sp³-hybridized carbons (Fsp3) is 0.278. The maximum Gasteiger partial charge on any atom is 0.136 e. The molecular weight excluding hydrogens is 290 g/mol. The maximum absolute atomic E-state index is 10.4. The highest BCUT2D eigenvalue weighted by molar-refractivity contribution is 5.15. The summed E-state index contributed by atoms with van der Waals surface area (Å²) in [6.07, 6.45) is 5.43. The van der Waals surface area contributed by atoms with E-state index in [9.17, 15) is 5.11 Å². The van der Waals surface area contributed by atoms with Crippen molar-refractivity contribution >= 4 is 0 Å². The van der Waals surface area contributed by atoms with Gasteiger partial charge in [-0.05, 0) is 24.6 Å². The van der Waals surface area contributed by atoms with Crippen molar-refractivity contribution in [2.75, 3.05) is 6.54 Å². The van der Waals surface area contributed by atoms with Gasteiger partial charge in [-0.1, -0.05) is 30.3 Å². The van der Waals surface area contributed by atoms with Gasteiger partial charge in [0.1, 0.15) is 11.4 Å². The molecule has 0 fully saturated rings. The Morgan fingerprint density at radius 1 is 1.17 bits per heavy atom. The summed E-state index contributed by atoms with van der Waals surface area (Å²) in [4.78, 5) is 0. The normalized spacial score (nSPS) is 13.8. The molecule has 0 aliphatic heterocycles. The molecule has 5 heteroatoms. The second kappa shape index (κ2) is 6.81. The first-order valence-corrected chi connectivity index (χ1v) is 7.66. The number of nitrogens with one attached hydrogen (secondary N) is 1. The standard InChI is InChI=1S/C18H21N3O2/c1-18(22,17-8-5-9-23-17)14-19-10-16-11-20-21(13-16)12-15-6-3-2-4-7-15/h2-9,11,13,19,22H,10,12,14H2,1H3. The number of nitrogens with zero attached hydrogens (tertiary/aromatic N) is 2. The first-order valence-electron chi connectivity index (χ1n) is 7.66. The van der Waals surface area contributed by atoms with Crippen LogP contribution in [0.2, 0.25) is 0 Å². The lowest BCUT2D eigenvalue weighted by Crippen LogP contribution is -2.34. The Hall–Kier alpha value is -2.37. The van der Waals surface area contributed by atoms with Crippen LogP contribution in [0.5, 0.6) is 0 Å². The minimum absolute atomic E-state index is 0.407. The van der Waals surface area contributed by atoms with Gasteiger partial charge in [-0.2, -0.15) is 5.10 Å². The van der Waals surface area contributed by atoms with Gasteiger partial charge >= 0.3 is 0 Å². The number of aromatic nitrogens is 2. The van der Waals surface area contributed by atoms with E-state index in [0.717, 1.165) is 12.1 Å². The molecule has 0 radical (unpaired) electrons. The zero-order chi connectivity index (χ0) is 16.1. The summed E-state index contributed by atoms with van der Waals surface area (Å²) in [5.41, 5.74) is 1.27. The summed E-state index contributed by atoms with van der Waals surface area (Å²) >= 11 is 0. The zero-order valence-corrected chi connectivity index (χ0v) is 13.1. The minimum atomic E-state index is -1.02. The van der Waals surface area contributed by atoms with Crippen LogP contribution < -0.4 is 5.32 Å². The number of furan rings is 1. The summed E-state index contributed by atoms with van der Waals surface area (Å²) < 4.78 is 7.18. The van der Waals surface area contributed by atoms with Gasteiger partial charge in [0.15, 0.2) is 0 Å². The van der Waals surface area contributed by atoms with Gasteiger partial charge in [-0.15, -0.1) is 0 Å². The average molecular weight is 311 g/mol. The molecule has 2 N–H and O–H groups in total. The molecule has 0 amide bonds. The molecule has 0 saturated carbocycles. The van der Waals surface area contributed by atoms with Crippen LogP contribution in [0.15, 0.2) is 65.5 Å². The lowest BCUT2D eigenvalue weighted by molar-refractivity contribution is 0.0340. The van der Waals surface area contributed by atoms with Crippen molar-refractivity contribution in [3.8, 4) is 0 Å². The molecule has 2 aromatic heterocycles. The van der Waals surface area contributed by atoms with Crippen molar-refractivity contribution < 1.29 is 9.52 Å². The van der Waals surface area contributed by atoms with Crippen LogP contribution in [-0.2, 0) is 18.7 Å². The van der Waals surface area contributed by atoms with Gasteiger partial charge in [0.05, 0.1) is 19.0 Å². The van der Waals surface area contributed by atoms with E-state index in [1.807, 2.05) is 35.3 Å². The Bertz CT molecular complexity index is 718. The lowest BCUT2D eigenvalue weighted by atomic mass is 10.0. The topological polar surface area (TPSA) is 63.2 Å². The molecule has 0 saturated heterocycles. The molecule has 1 aromatic carbocycles. The Labute approximate surface area is 135 Å². The van der Waals surface area contributed by atoms with E-state index in [0.29, 0.717) is 18.8 Å². The highest BCUT2D eigenvalue weighted by Gasteiger charge is 2.25. The Morgan fingerprint density at radius 2 is 2.00 bits per heavy atom. The fourth-order valence-corrected chi connectivity index (χ4v) is 2.48. The maximum atomic E-state index is 10.4. The van der Waals surface area contributed by atoms with Crippen molar-refractivity contribution in [1.29, 1.82) is 0 Å². The molecule has 0 bridgehead atoms. The minimum Gasteiger partial charge on any atom is -0.466 e. The largest absolute Gasteiger partial charge is 0.466 e. The second-order valence-electron chi connectivity index (χ2n) is 5.89. The van der Waals surface area contributed by atoms with Gasteiger partial charge in [0, 0.05) is 24.8 Å². The number of rotatable bonds is 7. The van der Waals surface area contributed by atoms with Crippen LogP contribution in [0.4, 0.5) is 0 Å². The van der Waals surface area contributed by atoms with Crippen molar-refractivity contribution in [2.45, 2.75) is 25.6 Å². The highest BCUT2D eigenvalue weighted by Crippen LogP contribution is 2.19. The van der Waals surface area contributed by atoms with Crippen molar-refractivity contribution in [1.82, 2.24) is 15.1 Å². The predicted molar refractivity (Wildman–Crippen MR) is 87.8 cm³/mol. The monoisotopic (exact) mass is 311 g/mol. The first-order chi connectivity index (χ1) is 11.1. The third-order valence-electron chi connectivity index (χ3n) is 3.72. The van der Waals surface area contributed by atoms with E-state index in [-0.39, 0.29) is 0 Å².